The molecular formula is C20H23F3N2O5S. The lowest BCUT2D eigenvalue weighted by Crippen LogP contribution is -2.30. The summed E-state index contributed by atoms with van der Waals surface area (Å²) in [5.74, 6) is -0.890. The molecule has 170 valence electrons. The number of halogens is 3. The van der Waals surface area contributed by atoms with Crippen LogP contribution in [0.25, 0.3) is 0 Å². The van der Waals surface area contributed by atoms with Crippen molar-refractivity contribution in [3.05, 3.63) is 59.7 Å². The highest BCUT2D eigenvalue weighted by molar-refractivity contribution is 7.89. The van der Waals surface area contributed by atoms with Gasteiger partial charge < -0.3 is 14.8 Å². The molecule has 2 aromatic rings. The minimum atomic E-state index is -4.87. The fourth-order valence-corrected chi connectivity index (χ4v) is 3.60. The number of amides is 1. The Morgan fingerprint density at radius 3 is 2.29 bits per heavy atom. The molecule has 0 fully saturated rings. The highest BCUT2D eigenvalue weighted by Crippen LogP contribution is 2.23. The van der Waals surface area contributed by atoms with Crippen LogP contribution in [0, 0.1) is 0 Å². The van der Waals surface area contributed by atoms with E-state index in [4.69, 9.17) is 4.74 Å². The van der Waals surface area contributed by atoms with Crippen molar-refractivity contribution in [2.24, 2.45) is 0 Å². The molecule has 2 rings (SSSR count). The van der Waals surface area contributed by atoms with E-state index in [0.29, 0.717) is 13.2 Å². The number of carbonyl (C=O) groups is 1. The van der Waals surface area contributed by atoms with E-state index in [1.54, 1.807) is 0 Å². The second-order valence-electron chi connectivity index (χ2n) is 6.35. The summed E-state index contributed by atoms with van der Waals surface area (Å²) in [6.07, 6.45) is -4.97. The average Bonchev–Trinajstić information content (AvgIpc) is 2.70. The second-order valence-corrected chi connectivity index (χ2v) is 8.12. The first kappa shape index (κ1) is 24.6. The van der Waals surface area contributed by atoms with Crippen molar-refractivity contribution in [1.29, 1.82) is 0 Å². The van der Waals surface area contributed by atoms with Crippen LogP contribution in [-0.2, 0) is 32.7 Å². The lowest BCUT2D eigenvalue weighted by molar-refractivity contribution is -0.274. The van der Waals surface area contributed by atoms with Gasteiger partial charge in [0.15, 0.2) is 0 Å². The fourth-order valence-electron chi connectivity index (χ4n) is 2.57. The Morgan fingerprint density at radius 2 is 1.68 bits per heavy atom. The topological polar surface area (TPSA) is 93.7 Å². The number of nitrogens with one attached hydrogen (secondary N) is 2. The van der Waals surface area contributed by atoms with Gasteiger partial charge in [0.1, 0.15) is 5.75 Å². The van der Waals surface area contributed by atoms with Crippen LogP contribution in [0.5, 0.6) is 5.75 Å². The minimum absolute atomic E-state index is 0.109. The Bertz CT molecular complexity index is 964. The molecule has 0 aliphatic carbocycles. The van der Waals surface area contributed by atoms with Gasteiger partial charge in [-0.25, -0.2) is 13.1 Å². The smallest absolute Gasteiger partial charge is 0.406 e. The lowest BCUT2D eigenvalue weighted by Gasteiger charge is -2.11. The van der Waals surface area contributed by atoms with Crippen LogP contribution in [0.15, 0.2) is 53.4 Å². The molecule has 0 aromatic heterocycles. The Morgan fingerprint density at radius 1 is 1.03 bits per heavy atom. The highest BCUT2D eigenvalue weighted by Gasteiger charge is 2.31. The first-order chi connectivity index (χ1) is 14.6. The third-order valence-corrected chi connectivity index (χ3v) is 5.54. The number of benzene rings is 2. The molecule has 0 saturated heterocycles. The van der Waals surface area contributed by atoms with E-state index in [2.05, 4.69) is 14.8 Å². The van der Waals surface area contributed by atoms with E-state index in [-0.39, 0.29) is 30.3 Å². The summed E-state index contributed by atoms with van der Waals surface area (Å²) >= 11 is 0. The SMILES string of the molecule is CCOCc1ccccc1CNC(=O)CCNS(=O)(=O)c1ccc(OC(F)(F)F)cc1. The highest BCUT2D eigenvalue weighted by atomic mass is 32.2. The van der Waals surface area contributed by atoms with Gasteiger partial charge in [-0.3, -0.25) is 4.79 Å². The predicted molar refractivity (Wildman–Crippen MR) is 107 cm³/mol. The van der Waals surface area contributed by atoms with Crippen molar-refractivity contribution in [1.82, 2.24) is 10.0 Å². The molecule has 0 bridgehead atoms. The van der Waals surface area contributed by atoms with Crippen molar-refractivity contribution in [2.45, 2.75) is 37.8 Å². The fraction of sp³-hybridized carbons (Fsp3) is 0.350. The zero-order valence-corrected chi connectivity index (χ0v) is 17.6. The summed E-state index contributed by atoms with van der Waals surface area (Å²) in [7, 11) is -3.98. The van der Waals surface area contributed by atoms with Crippen molar-refractivity contribution in [3.63, 3.8) is 0 Å². The third-order valence-electron chi connectivity index (χ3n) is 4.07. The van der Waals surface area contributed by atoms with Gasteiger partial charge in [0, 0.05) is 26.1 Å². The predicted octanol–water partition coefficient (Wildman–Crippen LogP) is 3.11. The van der Waals surface area contributed by atoms with Gasteiger partial charge in [0.25, 0.3) is 0 Å². The van der Waals surface area contributed by atoms with Crippen LogP contribution in [0.3, 0.4) is 0 Å². The Kier molecular flexibility index (Phi) is 8.84. The summed E-state index contributed by atoms with van der Waals surface area (Å²) in [6.45, 7) is 2.98. The van der Waals surface area contributed by atoms with Crippen LogP contribution < -0.4 is 14.8 Å². The van der Waals surface area contributed by atoms with Gasteiger partial charge in [-0.15, -0.1) is 13.2 Å². The Balaban J connectivity index is 1.82. The van der Waals surface area contributed by atoms with E-state index in [0.717, 1.165) is 35.4 Å². The summed E-state index contributed by atoms with van der Waals surface area (Å²) in [4.78, 5) is 11.8. The second kappa shape index (κ2) is 11.1. The summed E-state index contributed by atoms with van der Waals surface area (Å²) in [5, 5.41) is 2.72. The number of sulfonamides is 1. The number of hydrogen-bond donors (Lipinski definition) is 2. The van der Waals surface area contributed by atoms with Crippen LogP contribution in [-0.4, -0.2) is 33.8 Å². The molecule has 0 aliphatic heterocycles. The van der Waals surface area contributed by atoms with Crippen molar-refractivity contribution < 1.29 is 35.9 Å². The van der Waals surface area contributed by atoms with Crippen molar-refractivity contribution >= 4 is 15.9 Å². The first-order valence-corrected chi connectivity index (χ1v) is 10.9. The van der Waals surface area contributed by atoms with E-state index < -0.39 is 22.1 Å². The maximum Gasteiger partial charge on any atom is 0.573 e. The summed E-state index contributed by atoms with van der Waals surface area (Å²) in [6, 6.07) is 11.2. The maximum atomic E-state index is 12.2. The van der Waals surface area contributed by atoms with E-state index in [1.165, 1.54) is 0 Å². The lowest BCUT2D eigenvalue weighted by atomic mass is 10.1. The molecule has 7 nitrogen and oxygen atoms in total. The van der Waals surface area contributed by atoms with Gasteiger partial charge in [0.2, 0.25) is 15.9 Å². The number of ether oxygens (including phenoxy) is 2. The standard InChI is InChI=1S/C20H23F3N2O5S/c1-2-29-14-16-6-4-3-5-15(16)13-24-19(26)11-12-25-31(27,28)18-9-7-17(8-10-18)30-20(21,22)23/h3-10,25H,2,11-14H2,1H3,(H,24,26). The molecule has 11 heteroatoms. The average molecular weight is 460 g/mol. The van der Waals surface area contributed by atoms with E-state index >= 15 is 0 Å². The van der Waals surface area contributed by atoms with Gasteiger partial charge >= 0.3 is 6.36 Å². The van der Waals surface area contributed by atoms with E-state index in [1.807, 2.05) is 31.2 Å². The summed E-state index contributed by atoms with van der Waals surface area (Å²) in [5.41, 5.74) is 1.84. The Labute approximate surface area is 178 Å². The monoisotopic (exact) mass is 460 g/mol. The van der Waals surface area contributed by atoms with Crippen LogP contribution in [0.2, 0.25) is 0 Å². The maximum absolute atomic E-state index is 12.2. The first-order valence-electron chi connectivity index (χ1n) is 9.37. The minimum Gasteiger partial charge on any atom is -0.406 e. The third kappa shape index (κ3) is 8.56. The molecule has 2 aromatic carbocycles. The summed E-state index contributed by atoms with van der Waals surface area (Å²) < 4.78 is 72.3. The van der Waals surface area contributed by atoms with Gasteiger partial charge in [-0.1, -0.05) is 24.3 Å². The molecule has 0 aliphatic rings. The molecule has 0 heterocycles. The number of hydrogen-bond acceptors (Lipinski definition) is 5. The van der Waals surface area contributed by atoms with Crippen LogP contribution in [0.1, 0.15) is 24.5 Å². The van der Waals surface area contributed by atoms with Crippen LogP contribution in [0.4, 0.5) is 13.2 Å². The van der Waals surface area contributed by atoms with Crippen LogP contribution >= 0.6 is 0 Å². The Hall–Kier alpha value is -2.63. The molecule has 0 unspecified atom stereocenters. The molecule has 0 spiro atoms. The van der Waals surface area contributed by atoms with Gasteiger partial charge in [-0.05, 0) is 42.3 Å². The number of carbonyl (C=O) groups excluding carboxylic acids is 1. The number of alkyl halides is 3. The molecule has 0 atom stereocenters. The van der Waals surface area contributed by atoms with Crippen molar-refractivity contribution in [3.8, 4) is 5.75 Å². The molecule has 0 saturated carbocycles. The van der Waals surface area contributed by atoms with Gasteiger partial charge in [0.05, 0.1) is 11.5 Å². The normalized spacial score (nSPS) is 11.9. The molecule has 2 N–H and O–H groups in total. The number of rotatable bonds is 11. The largest absolute Gasteiger partial charge is 0.573 e. The molecule has 1 amide bonds. The zero-order chi connectivity index (χ0) is 22.9. The quantitative estimate of drug-likeness (QED) is 0.538. The van der Waals surface area contributed by atoms with Crippen molar-refractivity contribution in [2.75, 3.05) is 13.2 Å². The van der Waals surface area contributed by atoms with Gasteiger partial charge in [-0.2, -0.15) is 0 Å². The molecular weight excluding hydrogens is 437 g/mol. The molecule has 31 heavy (non-hydrogen) atoms. The van der Waals surface area contributed by atoms with E-state index in [9.17, 15) is 26.4 Å². The zero-order valence-electron chi connectivity index (χ0n) is 16.7. The molecule has 0 radical (unpaired) electrons.